The van der Waals surface area contributed by atoms with Crippen LogP contribution in [0.25, 0.3) is 5.32 Å². The van der Waals surface area contributed by atoms with E-state index in [1.807, 2.05) is 0 Å². The van der Waals surface area contributed by atoms with Gasteiger partial charge in [-0.15, -0.1) is 0 Å². The van der Waals surface area contributed by atoms with Crippen LogP contribution in [0.4, 0.5) is 9.59 Å². The zero-order chi connectivity index (χ0) is 12.3. The van der Waals surface area contributed by atoms with Crippen LogP contribution in [0.1, 0.15) is 41.5 Å². The minimum absolute atomic E-state index is 0. The van der Waals surface area contributed by atoms with Gasteiger partial charge in [0.05, 0.1) is 0 Å². The summed E-state index contributed by atoms with van der Waals surface area (Å²) in [5, 5.41) is 3.13. The van der Waals surface area contributed by atoms with Gasteiger partial charge in [0.1, 0.15) is 11.2 Å². The van der Waals surface area contributed by atoms with Crippen LogP contribution in [0.3, 0.4) is 0 Å². The third-order valence-corrected chi connectivity index (χ3v) is 0.970. The first-order valence-electron chi connectivity index (χ1n) is 4.67. The van der Waals surface area contributed by atoms with Crippen LogP contribution in [-0.4, -0.2) is 23.4 Å². The zero-order valence-corrected chi connectivity index (χ0v) is 11.1. The van der Waals surface area contributed by atoms with Gasteiger partial charge < -0.3 is 14.8 Å². The number of carbonyl (C=O) groups excluding carboxylic acids is 2. The number of rotatable bonds is 0. The van der Waals surface area contributed by atoms with Crippen molar-refractivity contribution in [3.8, 4) is 0 Å². The number of ether oxygens (including phenoxy) is 2. The van der Waals surface area contributed by atoms with Gasteiger partial charge >= 0.3 is 18.9 Å². The molecule has 2 amide bonds. The molecule has 0 unspecified atom stereocenters. The zero-order valence-electron chi connectivity index (χ0n) is 11.1. The average molecular weight is 223 g/mol. The minimum Gasteiger partial charge on any atom is -0.524 e. The van der Waals surface area contributed by atoms with Crippen LogP contribution in [0, 0.1) is 0 Å². The van der Waals surface area contributed by atoms with E-state index in [1.165, 1.54) is 0 Å². The number of imide groups is 1. The number of nitrogens with zero attached hydrogens (tertiary/aromatic N) is 1. The van der Waals surface area contributed by atoms with Gasteiger partial charge in [0, 0.05) is 0 Å². The first-order chi connectivity index (χ1) is 6.49. The topological polar surface area (TPSA) is 66.7 Å². The second-order valence-electron chi connectivity index (χ2n) is 5.07. The summed E-state index contributed by atoms with van der Waals surface area (Å²) in [7, 11) is 0. The van der Waals surface area contributed by atoms with Crippen molar-refractivity contribution < 1.29 is 37.9 Å². The maximum absolute atomic E-state index is 11.1. The van der Waals surface area contributed by atoms with E-state index in [0.717, 1.165) is 0 Å². The Morgan fingerprint density at radius 3 is 1.25 bits per heavy atom. The smallest absolute Gasteiger partial charge is 0.524 e. The average Bonchev–Trinajstić information content (AvgIpc) is 1.73. The molecule has 0 aliphatic heterocycles. The van der Waals surface area contributed by atoms with Crippen molar-refractivity contribution >= 4 is 12.2 Å². The summed E-state index contributed by atoms with van der Waals surface area (Å²) >= 11 is 0. The molecule has 0 aromatic carbocycles. The predicted molar refractivity (Wildman–Crippen MR) is 55.8 cm³/mol. The van der Waals surface area contributed by atoms with Gasteiger partial charge in [-0.3, -0.25) is 9.59 Å². The quantitative estimate of drug-likeness (QED) is 0.551. The van der Waals surface area contributed by atoms with Gasteiger partial charge in [-0.05, 0) is 41.5 Å². The Labute approximate surface area is 108 Å². The Hall–Kier alpha value is -0.663. The van der Waals surface area contributed by atoms with Crippen molar-refractivity contribution in [2.45, 2.75) is 52.7 Å². The monoisotopic (exact) mass is 223 g/mol. The van der Waals surface area contributed by atoms with Gasteiger partial charge in [0.25, 0.3) is 0 Å². The van der Waals surface area contributed by atoms with Crippen LogP contribution in [-0.2, 0) is 9.47 Å². The minimum atomic E-state index is -0.934. The summed E-state index contributed by atoms with van der Waals surface area (Å²) < 4.78 is 9.63. The summed E-state index contributed by atoms with van der Waals surface area (Å²) in [6.07, 6.45) is -1.87. The molecule has 0 aliphatic carbocycles. The van der Waals surface area contributed by atoms with Crippen LogP contribution in [0.2, 0.25) is 0 Å². The van der Waals surface area contributed by atoms with Crippen molar-refractivity contribution in [2.24, 2.45) is 0 Å². The maximum Gasteiger partial charge on any atom is 1.00 e. The molecule has 0 heterocycles. The van der Waals surface area contributed by atoms with E-state index in [9.17, 15) is 9.59 Å². The normalized spacial score (nSPS) is 11.1. The van der Waals surface area contributed by atoms with Crippen molar-refractivity contribution in [1.82, 2.24) is 0 Å². The fraction of sp³-hybridized carbons (Fsp3) is 0.800. The van der Waals surface area contributed by atoms with Crippen LogP contribution in [0.5, 0.6) is 0 Å². The van der Waals surface area contributed by atoms with E-state index >= 15 is 0 Å². The second-order valence-corrected chi connectivity index (χ2v) is 5.07. The van der Waals surface area contributed by atoms with Crippen molar-refractivity contribution in [1.29, 1.82) is 0 Å². The Morgan fingerprint density at radius 1 is 0.812 bits per heavy atom. The van der Waals surface area contributed by atoms with Crippen LogP contribution >= 0.6 is 0 Å². The third-order valence-electron chi connectivity index (χ3n) is 0.970. The molecular weight excluding hydrogens is 205 g/mol. The summed E-state index contributed by atoms with van der Waals surface area (Å²) in [4.78, 5) is 22.1. The SMILES string of the molecule is CC(C)(C)OC(=O)[N-]C(=O)OC(C)(C)C.[Li+]. The van der Waals surface area contributed by atoms with Crippen molar-refractivity contribution in [3.05, 3.63) is 5.32 Å². The third kappa shape index (κ3) is 11.4. The van der Waals surface area contributed by atoms with E-state index < -0.39 is 23.4 Å². The molecular formula is C10H18LiNO4. The molecule has 0 rings (SSSR count). The second kappa shape index (κ2) is 6.17. The van der Waals surface area contributed by atoms with Crippen LogP contribution in [0.15, 0.2) is 0 Å². The Morgan fingerprint density at radius 2 is 1.06 bits per heavy atom. The van der Waals surface area contributed by atoms with E-state index in [2.05, 4.69) is 5.32 Å². The van der Waals surface area contributed by atoms with Crippen molar-refractivity contribution in [2.75, 3.05) is 0 Å². The predicted octanol–water partition coefficient (Wildman–Crippen LogP) is 0.234. The standard InChI is InChI=1S/C10H19NO4.Li/c1-9(2,3)14-7(12)11-8(13)15-10(4,5)6;/h1-6H3,(H,11,12,13);/q;+1/p-1. The Kier molecular flexibility index (Phi) is 6.83. The van der Waals surface area contributed by atoms with E-state index in [4.69, 9.17) is 9.47 Å². The van der Waals surface area contributed by atoms with E-state index in [0.29, 0.717) is 0 Å². The van der Waals surface area contributed by atoms with Gasteiger partial charge in [0.2, 0.25) is 12.2 Å². The number of amides is 2. The van der Waals surface area contributed by atoms with Gasteiger partial charge in [-0.2, -0.15) is 0 Å². The Bertz CT molecular complexity index is 227. The molecule has 0 radical (unpaired) electrons. The molecule has 0 atom stereocenters. The molecule has 0 aliphatic rings. The number of hydrogen-bond acceptors (Lipinski definition) is 4. The molecule has 0 N–H and O–H groups in total. The molecule has 6 heteroatoms. The fourth-order valence-corrected chi connectivity index (χ4v) is 0.644. The number of hydrogen-bond donors (Lipinski definition) is 0. The van der Waals surface area contributed by atoms with Gasteiger partial charge in [-0.25, -0.2) is 0 Å². The summed E-state index contributed by atoms with van der Waals surface area (Å²) in [5.74, 6) is 0. The fourth-order valence-electron chi connectivity index (χ4n) is 0.644. The molecule has 0 saturated carbocycles. The molecule has 16 heavy (non-hydrogen) atoms. The van der Waals surface area contributed by atoms with Gasteiger partial charge in [0.15, 0.2) is 0 Å². The molecule has 0 spiro atoms. The first-order valence-corrected chi connectivity index (χ1v) is 4.67. The molecule has 88 valence electrons. The first kappa shape index (κ1) is 17.7. The van der Waals surface area contributed by atoms with E-state index in [-0.39, 0.29) is 18.9 Å². The molecule has 0 saturated heterocycles. The summed E-state index contributed by atoms with van der Waals surface area (Å²) in [6, 6.07) is 0. The largest absolute Gasteiger partial charge is 1.00 e. The van der Waals surface area contributed by atoms with E-state index in [1.54, 1.807) is 41.5 Å². The summed E-state index contributed by atoms with van der Waals surface area (Å²) in [6.45, 7) is 10.1. The molecule has 0 aromatic rings. The molecule has 5 nitrogen and oxygen atoms in total. The van der Waals surface area contributed by atoms with Crippen LogP contribution < -0.4 is 18.9 Å². The number of carbonyl (C=O) groups is 2. The van der Waals surface area contributed by atoms with Crippen molar-refractivity contribution in [3.63, 3.8) is 0 Å². The Balaban J connectivity index is 0. The molecule has 0 bridgehead atoms. The maximum atomic E-state index is 11.1. The molecule has 0 aromatic heterocycles. The summed E-state index contributed by atoms with van der Waals surface area (Å²) in [5.41, 5.74) is -1.33. The molecule has 0 fully saturated rings. The van der Waals surface area contributed by atoms with Gasteiger partial charge in [-0.1, -0.05) is 0 Å².